The van der Waals surface area contributed by atoms with Gasteiger partial charge in [0.25, 0.3) is 0 Å². The van der Waals surface area contributed by atoms with Gasteiger partial charge in [0.05, 0.1) is 35.9 Å². The lowest BCUT2D eigenvalue weighted by Gasteiger charge is -2.29. The zero-order valence-corrected chi connectivity index (χ0v) is 23.0. The molecule has 0 aliphatic carbocycles. The quantitative estimate of drug-likeness (QED) is 0.293. The Labute approximate surface area is 238 Å². The topological polar surface area (TPSA) is 85.2 Å². The number of benzene rings is 2. The molecule has 3 aliphatic rings. The van der Waals surface area contributed by atoms with Crippen LogP contribution in [0.5, 0.6) is 5.75 Å². The van der Waals surface area contributed by atoms with Crippen molar-refractivity contribution in [3.05, 3.63) is 94.8 Å². The summed E-state index contributed by atoms with van der Waals surface area (Å²) in [7, 11) is 0. The van der Waals surface area contributed by atoms with Crippen molar-refractivity contribution in [1.29, 1.82) is 0 Å². The molecule has 0 bridgehead atoms. The Bertz CT molecular complexity index is 1610. The van der Waals surface area contributed by atoms with Gasteiger partial charge >= 0.3 is 0 Å². The number of aromatic nitrogens is 3. The van der Waals surface area contributed by atoms with Crippen LogP contribution in [-0.2, 0) is 29.2 Å². The van der Waals surface area contributed by atoms with E-state index in [0.717, 1.165) is 79.3 Å². The molecule has 5 heterocycles. The molecule has 3 aliphatic heterocycles. The molecule has 41 heavy (non-hydrogen) atoms. The number of ether oxygens (including phenoxy) is 3. The van der Waals surface area contributed by atoms with Crippen LogP contribution in [0, 0.1) is 12.7 Å². The first-order valence-corrected chi connectivity index (χ1v) is 14.2. The largest absolute Gasteiger partial charge is 0.489 e. The Morgan fingerprint density at radius 2 is 2.02 bits per heavy atom. The van der Waals surface area contributed by atoms with Crippen LogP contribution in [0.15, 0.2) is 60.8 Å². The molecule has 7 rings (SSSR count). The summed E-state index contributed by atoms with van der Waals surface area (Å²) in [6, 6.07) is 15.0. The Hall–Kier alpha value is -3.63. The molecule has 2 unspecified atom stereocenters. The van der Waals surface area contributed by atoms with E-state index in [1.165, 1.54) is 11.6 Å². The molecule has 0 amide bonds. The minimum absolute atomic E-state index is 0.172. The smallest absolute Gasteiger partial charge is 0.186 e. The highest BCUT2D eigenvalue weighted by Gasteiger charge is 2.38. The number of aryl methyl sites for hydroxylation is 1. The minimum Gasteiger partial charge on any atom is -0.489 e. The van der Waals surface area contributed by atoms with Crippen molar-refractivity contribution in [2.75, 3.05) is 19.7 Å². The Morgan fingerprint density at radius 1 is 1.15 bits per heavy atom. The van der Waals surface area contributed by atoms with Gasteiger partial charge in [0.15, 0.2) is 6.29 Å². The number of fused-ring (bicyclic) bond motifs is 1. The molecule has 4 aromatic rings. The standard InChI is InChI=1S/C32H33FN4O4/c1-20-2-3-23(26(33)14-20)19-40-24-6-10-34-28(16-24)21-7-11-36(12-8-21)18-30-35-27-5-4-22(31-32(38)41-31)15-29(27)37(30)17-25-9-13-39-25/h2-7,10,14-16,25,31-32,38H,8-9,11-13,17-19H2,1H3/t25-,31?,32?/m0/s1. The average molecular weight is 557 g/mol. The molecule has 0 radical (unpaired) electrons. The highest BCUT2D eigenvalue weighted by Crippen LogP contribution is 2.38. The highest BCUT2D eigenvalue weighted by atomic mass is 19.1. The molecule has 2 saturated heterocycles. The second kappa shape index (κ2) is 11.0. The number of aliphatic hydroxyl groups excluding tert-OH is 1. The van der Waals surface area contributed by atoms with Gasteiger partial charge in [-0.25, -0.2) is 9.37 Å². The van der Waals surface area contributed by atoms with Gasteiger partial charge in [-0.1, -0.05) is 24.3 Å². The first kappa shape index (κ1) is 26.3. The molecule has 3 atom stereocenters. The van der Waals surface area contributed by atoms with Gasteiger partial charge in [-0.15, -0.1) is 0 Å². The van der Waals surface area contributed by atoms with Gasteiger partial charge in [-0.05, 0) is 60.7 Å². The fraction of sp³-hybridized carbons (Fsp3) is 0.375. The molecular weight excluding hydrogens is 523 g/mol. The SMILES string of the molecule is Cc1ccc(COc2ccnc(C3=CCN(Cc4nc5ccc(C6OC6O)cc5n4C[C@@H]4CCO4)CC3)c2)c(F)c1. The number of rotatable bonds is 9. The molecular formula is C32H33FN4O4. The van der Waals surface area contributed by atoms with E-state index < -0.39 is 6.29 Å². The number of hydrogen-bond donors (Lipinski definition) is 1. The molecule has 0 saturated carbocycles. The molecule has 2 aromatic carbocycles. The molecule has 0 spiro atoms. The summed E-state index contributed by atoms with van der Waals surface area (Å²) < 4.78 is 33.4. The van der Waals surface area contributed by atoms with Crippen LogP contribution in [0.4, 0.5) is 4.39 Å². The summed E-state index contributed by atoms with van der Waals surface area (Å²) in [6.45, 7) is 6.00. The molecule has 212 valence electrons. The van der Waals surface area contributed by atoms with E-state index in [0.29, 0.717) is 11.3 Å². The second-order valence-corrected chi connectivity index (χ2v) is 11.1. The molecule has 8 nitrogen and oxygen atoms in total. The van der Waals surface area contributed by atoms with Gasteiger partial charge < -0.3 is 23.9 Å². The van der Waals surface area contributed by atoms with Crippen molar-refractivity contribution < 1.29 is 23.7 Å². The fourth-order valence-electron chi connectivity index (χ4n) is 5.57. The van der Waals surface area contributed by atoms with Gasteiger partial charge in [0.1, 0.15) is 30.1 Å². The van der Waals surface area contributed by atoms with E-state index in [1.54, 1.807) is 12.3 Å². The van der Waals surface area contributed by atoms with E-state index in [4.69, 9.17) is 19.2 Å². The fourth-order valence-corrected chi connectivity index (χ4v) is 5.57. The summed E-state index contributed by atoms with van der Waals surface area (Å²) in [5.41, 5.74) is 6.45. The van der Waals surface area contributed by atoms with Crippen LogP contribution in [0.3, 0.4) is 0 Å². The maximum atomic E-state index is 14.2. The monoisotopic (exact) mass is 556 g/mol. The van der Waals surface area contributed by atoms with Crippen LogP contribution >= 0.6 is 0 Å². The lowest BCUT2D eigenvalue weighted by molar-refractivity contribution is -0.0591. The number of nitrogens with zero attached hydrogens (tertiary/aromatic N) is 4. The number of epoxide rings is 1. The van der Waals surface area contributed by atoms with Crippen LogP contribution < -0.4 is 4.74 Å². The van der Waals surface area contributed by atoms with Crippen molar-refractivity contribution in [1.82, 2.24) is 19.4 Å². The Kier molecular flexibility index (Phi) is 7.04. The first-order chi connectivity index (χ1) is 20.0. The normalized spacial score (nSPS) is 22.4. The third-order valence-corrected chi connectivity index (χ3v) is 8.15. The summed E-state index contributed by atoms with van der Waals surface area (Å²) in [5, 5.41) is 9.74. The van der Waals surface area contributed by atoms with E-state index in [-0.39, 0.29) is 24.6 Å². The Morgan fingerprint density at radius 3 is 2.76 bits per heavy atom. The second-order valence-electron chi connectivity index (χ2n) is 11.1. The van der Waals surface area contributed by atoms with Crippen LogP contribution in [0.1, 0.15) is 47.2 Å². The van der Waals surface area contributed by atoms with Crippen molar-refractivity contribution in [2.24, 2.45) is 0 Å². The van der Waals surface area contributed by atoms with Crippen molar-refractivity contribution in [3.8, 4) is 5.75 Å². The van der Waals surface area contributed by atoms with Crippen molar-refractivity contribution >= 4 is 16.6 Å². The van der Waals surface area contributed by atoms with Crippen LogP contribution in [-0.4, -0.2) is 56.6 Å². The maximum absolute atomic E-state index is 14.2. The summed E-state index contributed by atoms with van der Waals surface area (Å²) in [6.07, 6.45) is 5.11. The zero-order chi connectivity index (χ0) is 27.9. The molecule has 2 fully saturated rings. The van der Waals surface area contributed by atoms with Gasteiger partial charge in [-0.2, -0.15) is 0 Å². The molecule has 1 N–H and O–H groups in total. The van der Waals surface area contributed by atoms with E-state index in [2.05, 4.69) is 26.6 Å². The predicted molar refractivity (Wildman–Crippen MR) is 151 cm³/mol. The summed E-state index contributed by atoms with van der Waals surface area (Å²) in [4.78, 5) is 12.0. The van der Waals surface area contributed by atoms with Crippen LogP contribution in [0.25, 0.3) is 16.6 Å². The minimum atomic E-state index is -0.717. The van der Waals surface area contributed by atoms with Gasteiger partial charge in [0, 0.05) is 37.5 Å². The lowest BCUT2D eigenvalue weighted by Crippen LogP contribution is -2.33. The van der Waals surface area contributed by atoms with E-state index in [9.17, 15) is 9.50 Å². The highest BCUT2D eigenvalue weighted by molar-refractivity contribution is 5.77. The third-order valence-electron chi connectivity index (χ3n) is 8.15. The first-order valence-electron chi connectivity index (χ1n) is 14.2. The average Bonchev–Trinajstić information content (AvgIpc) is 3.59. The van der Waals surface area contributed by atoms with Gasteiger partial charge in [0.2, 0.25) is 0 Å². The number of pyridine rings is 1. The zero-order valence-electron chi connectivity index (χ0n) is 23.0. The summed E-state index contributed by atoms with van der Waals surface area (Å²) in [5.74, 6) is 1.44. The third kappa shape index (κ3) is 5.63. The molecule has 2 aromatic heterocycles. The maximum Gasteiger partial charge on any atom is 0.186 e. The van der Waals surface area contributed by atoms with Crippen LogP contribution in [0.2, 0.25) is 0 Å². The number of aliphatic hydroxyl groups is 1. The summed E-state index contributed by atoms with van der Waals surface area (Å²) >= 11 is 0. The lowest BCUT2D eigenvalue weighted by atomic mass is 10.0. The number of halogens is 1. The van der Waals surface area contributed by atoms with Crippen molar-refractivity contribution in [2.45, 2.75) is 58.0 Å². The van der Waals surface area contributed by atoms with Gasteiger partial charge in [-0.3, -0.25) is 9.88 Å². The number of hydrogen-bond acceptors (Lipinski definition) is 7. The molecule has 9 heteroatoms. The van der Waals surface area contributed by atoms with E-state index >= 15 is 0 Å². The Balaban J connectivity index is 1.04. The predicted octanol–water partition coefficient (Wildman–Crippen LogP) is 4.93. The van der Waals surface area contributed by atoms with E-state index in [1.807, 2.05) is 37.3 Å². The van der Waals surface area contributed by atoms with Crippen molar-refractivity contribution in [3.63, 3.8) is 0 Å². The number of imidazole rings is 1.